The number of carbonyl (C=O) groups is 1. The van der Waals surface area contributed by atoms with Crippen LogP contribution in [0.3, 0.4) is 0 Å². The molecular formula is C16H21BrN2O. The molecule has 20 heavy (non-hydrogen) atoms. The van der Waals surface area contributed by atoms with Crippen LogP contribution in [0.1, 0.15) is 32.6 Å². The Labute approximate surface area is 128 Å². The van der Waals surface area contributed by atoms with E-state index in [4.69, 9.17) is 0 Å². The predicted octanol–water partition coefficient (Wildman–Crippen LogP) is 4.40. The van der Waals surface area contributed by atoms with Gasteiger partial charge in [0.05, 0.1) is 5.69 Å². The average molecular weight is 337 g/mol. The van der Waals surface area contributed by atoms with Crippen molar-refractivity contribution in [3.63, 3.8) is 0 Å². The quantitative estimate of drug-likeness (QED) is 0.844. The second kappa shape index (κ2) is 5.76. The first kappa shape index (κ1) is 13.9. The number of nitrogens with one attached hydrogen (secondary N) is 2. The maximum atomic E-state index is 12.1. The largest absolute Gasteiger partial charge is 0.335 e. The maximum Gasteiger partial charge on any atom is 0.319 e. The van der Waals surface area contributed by atoms with Gasteiger partial charge in [-0.2, -0.15) is 0 Å². The van der Waals surface area contributed by atoms with Crippen LogP contribution in [0.5, 0.6) is 0 Å². The Balaban J connectivity index is 1.55. The Morgan fingerprint density at radius 3 is 2.75 bits per heavy atom. The molecule has 2 bridgehead atoms. The number of fused-ring (bicyclic) bond motifs is 2. The van der Waals surface area contributed by atoms with Crippen LogP contribution in [-0.2, 0) is 0 Å². The fourth-order valence-corrected chi connectivity index (χ4v) is 4.33. The molecule has 2 aliphatic rings. The molecule has 3 rings (SSSR count). The van der Waals surface area contributed by atoms with Crippen molar-refractivity contribution in [1.82, 2.24) is 5.32 Å². The topological polar surface area (TPSA) is 41.1 Å². The third-order valence-corrected chi connectivity index (χ3v) is 5.61. The molecule has 1 aromatic rings. The van der Waals surface area contributed by atoms with Gasteiger partial charge in [0, 0.05) is 10.5 Å². The third-order valence-electron chi connectivity index (χ3n) is 4.92. The molecule has 4 atom stereocenters. The summed E-state index contributed by atoms with van der Waals surface area (Å²) in [6.45, 7) is 2.14. The van der Waals surface area contributed by atoms with Gasteiger partial charge in [-0.1, -0.05) is 18.6 Å². The number of para-hydroxylation sites is 1. The van der Waals surface area contributed by atoms with Crippen LogP contribution in [-0.4, -0.2) is 12.1 Å². The van der Waals surface area contributed by atoms with Crippen LogP contribution < -0.4 is 10.6 Å². The summed E-state index contributed by atoms with van der Waals surface area (Å²) in [5.41, 5.74) is 0.810. The van der Waals surface area contributed by atoms with Crippen LogP contribution in [0.2, 0.25) is 0 Å². The molecule has 0 radical (unpaired) electrons. The molecule has 4 heteroatoms. The van der Waals surface area contributed by atoms with E-state index in [2.05, 4.69) is 33.5 Å². The van der Waals surface area contributed by atoms with Crippen molar-refractivity contribution in [3.05, 3.63) is 28.7 Å². The number of halogens is 1. The molecule has 108 valence electrons. The number of hydrogen-bond acceptors (Lipinski definition) is 1. The summed E-state index contributed by atoms with van der Waals surface area (Å²) in [6, 6.07) is 7.82. The van der Waals surface area contributed by atoms with Crippen molar-refractivity contribution >= 4 is 27.6 Å². The van der Waals surface area contributed by atoms with E-state index >= 15 is 0 Å². The van der Waals surface area contributed by atoms with Gasteiger partial charge in [0.25, 0.3) is 0 Å². The fourth-order valence-electron chi connectivity index (χ4n) is 3.94. The highest BCUT2D eigenvalue weighted by atomic mass is 79.9. The molecule has 0 aliphatic heterocycles. The Hall–Kier alpha value is -1.03. The van der Waals surface area contributed by atoms with E-state index in [1.54, 1.807) is 0 Å². The van der Waals surface area contributed by atoms with Gasteiger partial charge in [0.15, 0.2) is 0 Å². The molecule has 2 aliphatic carbocycles. The Morgan fingerprint density at radius 1 is 1.30 bits per heavy atom. The lowest BCUT2D eigenvalue weighted by Crippen LogP contribution is -2.42. The standard InChI is InChI=1S/C16H21BrN2O/c1-10(13-9-11-6-7-12(13)8-11)18-16(20)19-15-5-3-2-4-14(15)17/h2-5,10-13H,6-9H2,1H3,(H2,18,19,20)/t10-,11+,12+,13+/m0/s1. The Bertz CT molecular complexity index is 505. The van der Waals surface area contributed by atoms with E-state index < -0.39 is 0 Å². The number of rotatable bonds is 3. The maximum absolute atomic E-state index is 12.1. The van der Waals surface area contributed by atoms with Crippen LogP contribution in [0.15, 0.2) is 28.7 Å². The summed E-state index contributed by atoms with van der Waals surface area (Å²) in [5.74, 6) is 2.41. The highest BCUT2D eigenvalue weighted by molar-refractivity contribution is 9.10. The van der Waals surface area contributed by atoms with Crippen LogP contribution in [0, 0.1) is 17.8 Å². The second-order valence-electron chi connectivity index (χ2n) is 6.21. The van der Waals surface area contributed by atoms with Gasteiger partial charge in [0.2, 0.25) is 0 Å². The first-order chi connectivity index (χ1) is 9.63. The van der Waals surface area contributed by atoms with Crippen molar-refractivity contribution in [1.29, 1.82) is 0 Å². The smallest absolute Gasteiger partial charge is 0.319 e. The average Bonchev–Trinajstić information content (AvgIpc) is 3.03. The van der Waals surface area contributed by atoms with Gasteiger partial charge in [-0.25, -0.2) is 4.79 Å². The molecule has 2 amide bonds. The molecule has 0 saturated heterocycles. The number of urea groups is 1. The molecule has 0 aromatic heterocycles. The van der Waals surface area contributed by atoms with Crippen molar-refractivity contribution in [3.8, 4) is 0 Å². The van der Waals surface area contributed by atoms with Crippen LogP contribution in [0.4, 0.5) is 10.5 Å². The molecular weight excluding hydrogens is 316 g/mol. The van der Waals surface area contributed by atoms with Gasteiger partial charge < -0.3 is 10.6 Å². The van der Waals surface area contributed by atoms with E-state index in [-0.39, 0.29) is 12.1 Å². The van der Waals surface area contributed by atoms with Crippen molar-refractivity contribution in [2.45, 2.75) is 38.6 Å². The third kappa shape index (κ3) is 2.85. The molecule has 1 aromatic carbocycles. The zero-order valence-electron chi connectivity index (χ0n) is 11.7. The number of hydrogen-bond donors (Lipinski definition) is 2. The summed E-state index contributed by atoms with van der Waals surface area (Å²) in [6.07, 6.45) is 5.42. The minimum Gasteiger partial charge on any atom is -0.335 e. The van der Waals surface area contributed by atoms with Crippen molar-refractivity contribution in [2.75, 3.05) is 5.32 Å². The van der Waals surface area contributed by atoms with E-state index in [1.807, 2.05) is 24.3 Å². The Kier molecular flexibility index (Phi) is 4.01. The predicted molar refractivity (Wildman–Crippen MR) is 84.7 cm³/mol. The zero-order chi connectivity index (χ0) is 14.1. The molecule has 2 saturated carbocycles. The first-order valence-corrected chi connectivity index (χ1v) is 8.25. The van der Waals surface area contributed by atoms with E-state index in [0.717, 1.165) is 22.0 Å². The molecule has 0 spiro atoms. The zero-order valence-corrected chi connectivity index (χ0v) is 13.3. The summed E-state index contributed by atoms with van der Waals surface area (Å²) in [4.78, 5) is 12.1. The number of carbonyl (C=O) groups excluding carboxylic acids is 1. The highest BCUT2D eigenvalue weighted by Gasteiger charge is 2.42. The lowest BCUT2D eigenvalue weighted by molar-refractivity contribution is 0.230. The first-order valence-electron chi connectivity index (χ1n) is 7.45. The van der Waals surface area contributed by atoms with E-state index in [0.29, 0.717) is 5.92 Å². The normalized spacial score (nSPS) is 29.2. The summed E-state index contributed by atoms with van der Waals surface area (Å²) in [7, 11) is 0. The summed E-state index contributed by atoms with van der Waals surface area (Å²) >= 11 is 3.44. The van der Waals surface area contributed by atoms with E-state index in [9.17, 15) is 4.79 Å². The molecule has 2 N–H and O–H groups in total. The van der Waals surface area contributed by atoms with Gasteiger partial charge in [-0.15, -0.1) is 0 Å². The molecule has 2 fully saturated rings. The van der Waals surface area contributed by atoms with Crippen LogP contribution >= 0.6 is 15.9 Å². The molecule has 0 heterocycles. The fraction of sp³-hybridized carbons (Fsp3) is 0.562. The number of benzene rings is 1. The SMILES string of the molecule is C[C@H](NC(=O)Nc1ccccc1Br)[C@H]1C[C@@H]2CC[C@@H]1C2. The summed E-state index contributed by atoms with van der Waals surface area (Å²) < 4.78 is 0.905. The van der Waals surface area contributed by atoms with Gasteiger partial charge in [0.1, 0.15) is 0 Å². The van der Waals surface area contributed by atoms with Crippen LogP contribution in [0.25, 0.3) is 0 Å². The van der Waals surface area contributed by atoms with Gasteiger partial charge in [-0.05, 0) is 72.0 Å². The summed E-state index contributed by atoms with van der Waals surface area (Å²) in [5, 5.41) is 6.02. The minimum absolute atomic E-state index is 0.104. The highest BCUT2D eigenvalue weighted by Crippen LogP contribution is 2.49. The molecule has 0 unspecified atom stereocenters. The van der Waals surface area contributed by atoms with Gasteiger partial charge >= 0.3 is 6.03 Å². The number of amides is 2. The van der Waals surface area contributed by atoms with Crippen molar-refractivity contribution < 1.29 is 4.79 Å². The number of anilines is 1. The Morgan fingerprint density at radius 2 is 2.10 bits per heavy atom. The van der Waals surface area contributed by atoms with Gasteiger partial charge in [-0.3, -0.25) is 0 Å². The monoisotopic (exact) mass is 336 g/mol. The lowest BCUT2D eigenvalue weighted by Gasteiger charge is -2.28. The minimum atomic E-state index is -0.104. The van der Waals surface area contributed by atoms with E-state index in [1.165, 1.54) is 25.7 Å². The van der Waals surface area contributed by atoms with Crippen molar-refractivity contribution in [2.24, 2.45) is 17.8 Å². The lowest BCUT2D eigenvalue weighted by atomic mass is 9.84. The molecule has 3 nitrogen and oxygen atoms in total. The second-order valence-corrected chi connectivity index (χ2v) is 7.06.